The summed E-state index contributed by atoms with van der Waals surface area (Å²) in [4.78, 5) is 16.5. The van der Waals surface area contributed by atoms with Gasteiger partial charge in [-0.05, 0) is 25.2 Å². The molecule has 1 aliphatic rings. The van der Waals surface area contributed by atoms with Gasteiger partial charge in [-0.25, -0.2) is 0 Å². The van der Waals surface area contributed by atoms with Crippen LogP contribution in [-0.4, -0.2) is 60.6 Å². The van der Waals surface area contributed by atoms with E-state index < -0.39 is 0 Å². The molecule has 1 amide bonds. The van der Waals surface area contributed by atoms with E-state index in [4.69, 9.17) is 16.7 Å². The first-order valence-electron chi connectivity index (χ1n) is 6.99. The Morgan fingerprint density at radius 3 is 2.67 bits per heavy atom. The van der Waals surface area contributed by atoms with Gasteiger partial charge in [0.15, 0.2) is 0 Å². The molecule has 1 aromatic rings. The fourth-order valence-electron chi connectivity index (χ4n) is 2.16. The predicted molar refractivity (Wildman–Crippen MR) is 83.4 cm³/mol. The Morgan fingerprint density at radius 1 is 1.33 bits per heavy atom. The maximum atomic E-state index is 12.4. The number of hydrogen-bond acceptors (Lipinski definition) is 3. The van der Waals surface area contributed by atoms with Gasteiger partial charge in [-0.15, -0.1) is 0 Å². The van der Waals surface area contributed by atoms with Gasteiger partial charge >= 0.3 is 0 Å². The third-order valence-electron chi connectivity index (χ3n) is 3.47. The summed E-state index contributed by atoms with van der Waals surface area (Å²) in [5.41, 5.74) is 1.28. The molecule has 21 heavy (non-hydrogen) atoms. The van der Waals surface area contributed by atoms with Crippen molar-refractivity contribution < 1.29 is 9.90 Å². The Balaban J connectivity index is 2.09. The SMILES string of the molecule is CN1CCN(C(=O)c2ccc(C#CCCO)c(Cl)c2)CC1. The average molecular weight is 307 g/mol. The highest BCUT2D eigenvalue weighted by molar-refractivity contribution is 6.32. The van der Waals surface area contributed by atoms with Crippen molar-refractivity contribution in [2.45, 2.75) is 6.42 Å². The molecule has 1 heterocycles. The fraction of sp³-hybridized carbons (Fsp3) is 0.438. The first kappa shape index (κ1) is 15.8. The van der Waals surface area contributed by atoms with Gasteiger partial charge in [0.05, 0.1) is 11.6 Å². The Kier molecular flexibility index (Phi) is 5.63. The van der Waals surface area contributed by atoms with Crippen molar-refractivity contribution >= 4 is 17.5 Å². The molecule has 112 valence electrons. The smallest absolute Gasteiger partial charge is 0.253 e. The number of rotatable bonds is 2. The fourth-order valence-corrected chi connectivity index (χ4v) is 2.38. The number of carbonyl (C=O) groups excluding carboxylic acids is 1. The number of nitrogens with zero attached hydrogens (tertiary/aromatic N) is 2. The molecule has 1 aromatic carbocycles. The summed E-state index contributed by atoms with van der Waals surface area (Å²) in [6, 6.07) is 5.19. The van der Waals surface area contributed by atoms with E-state index in [1.165, 1.54) is 0 Å². The first-order valence-corrected chi connectivity index (χ1v) is 7.36. The molecule has 1 saturated heterocycles. The quantitative estimate of drug-likeness (QED) is 0.841. The lowest BCUT2D eigenvalue weighted by molar-refractivity contribution is 0.0664. The van der Waals surface area contributed by atoms with Crippen LogP contribution in [0.3, 0.4) is 0 Å². The largest absolute Gasteiger partial charge is 0.395 e. The van der Waals surface area contributed by atoms with Crippen LogP contribution in [0.4, 0.5) is 0 Å². The molecule has 4 nitrogen and oxygen atoms in total. The minimum Gasteiger partial charge on any atom is -0.395 e. The molecule has 0 aliphatic carbocycles. The zero-order valence-electron chi connectivity index (χ0n) is 12.1. The van der Waals surface area contributed by atoms with Gasteiger partial charge in [0.25, 0.3) is 5.91 Å². The monoisotopic (exact) mass is 306 g/mol. The van der Waals surface area contributed by atoms with Crippen molar-refractivity contribution in [1.29, 1.82) is 0 Å². The van der Waals surface area contributed by atoms with Crippen molar-refractivity contribution in [3.8, 4) is 11.8 Å². The highest BCUT2D eigenvalue weighted by Crippen LogP contribution is 2.18. The summed E-state index contributed by atoms with van der Waals surface area (Å²) in [5, 5.41) is 9.18. The molecular formula is C16H19ClN2O2. The second-order valence-corrected chi connectivity index (χ2v) is 5.47. The van der Waals surface area contributed by atoms with Gasteiger partial charge in [0, 0.05) is 43.7 Å². The number of aliphatic hydroxyl groups is 1. The standard InChI is InChI=1S/C16H19ClN2O2/c1-18-7-9-19(10-8-18)16(21)14-6-5-13(15(17)12-14)4-2-3-11-20/h5-6,12,20H,3,7-11H2,1H3. The van der Waals surface area contributed by atoms with Crippen molar-refractivity contribution in [2.24, 2.45) is 0 Å². The number of piperazine rings is 1. The van der Waals surface area contributed by atoms with Crippen molar-refractivity contribution in [2.75, 3.05) is 39.8 Å². The van der Waals surface area contributed by atoms with Gasteiger partial charge in [0.2, 0.25) is 0 Å². The molecule has 0 bridgehead atoms. The second-order valence-electron chi connectivity index (χ2n) is 5.07. The summed E-state index contributed by atoms with van der Waals surface area (Å²) in [6.45, 7) is 3.30. The lowest BCUT2D eigenvalue weighted by atomic mass is 10.1. The van der Waals surface area contributed by atoms with Crippen LogP contribution in [-0.2, 0) is 0 Å². The number of halogens is 1. The topological polar surface area (TPSA) is 43.8 Å². The second kappa shape index (κ2) is 7.46. The van der Waals surface area contributed by atoms with Gasteiger partial charge < -0.3 is 14.9 Å². The van der Waals surface area contributed by atoms with Crippen LogP contribution < -0.4 is 0 Å². The number of aliphatic hydroxyl groups excluding tert-OH is 1. The predicted octanol–water partition coefficient (Wildman–Crippen LogP) is 1.46. The van der Waals surface area contributed by atoms with E-state index in [0.29, 0.717) is 22.6 Å². The summed E-state index contributed by atoms with van der Waals surface area (Å²) in [7, 11) is 2.05. The number of likely N-dealkylation sites (N-methyl/N-ethyl adjacent to an activating group) is 1. The van der Waals surface area contributed by atoms with Crippen LogP contribution in [0.15, 0.2) is 18.2 Å². The molecule has 0 atom stereocenters. The zero-order chi connectivity index (χ0) is 15.2. The van der Waals surface area contributed by atoms with Crippen molar-refractivity contribution in [3.05, 3.63) is 34.3 Å². The molecule has 1 fully saturated rings. The van der Waals surface area contributed by atoms with Crippen LogP contribution in [0.2, 0.25) is 5.02 Å². The Labute approximate surface area is 130 Å². The van der Waals surface area contributed by atoms with Gasteiger partial charge in [-0.3, -0.25) is 4.79 Å². The summed E-state index contributed by atoms with van der Waals surface area (Å²) >= 11 is 6.17. The number of carbonyl (C=O) groups is 1. The minimum absolute atomic E-state index is 0.0138. The van der Waals surface area contributed by atoms with Crippen molar-refractivity contribution in [3.63, 3.8) is 0 Å². The third kappa shape index (κ3) is 4.21. The van der Waals surface area contributed by atoms with Gasteiger partial charge in [0.1, 0.15) is 0 Å². The van der Waals surface area contributed by atoms with Crippen LogP contribution >= 0.6 is 11.6 Å². The van der Waals surface area contributed by atoms with E-state index >= 15 is 0 Å². The molecule has 0 unspecified atom stereocenters. The summed E-state index contributed by atoms with van der Waals surface area (Å²) in [5.74, 6) is 5.73. The molecule has 5 heteroatoms. The normalized spacial score (nSPS) is 15.5. The summed E-state index contributed by atoms with van der Waals surface area (Å²) < 4.78 is 0. The lowest BCUT2D eigenvalue weighted by Crippen LogP contribution is -2.47. The molecule has 0 radical (unpaired) electrons. The molecule has 0 aromatic heterocycles. The number of benzene rings is 1. The molecule has 0 saturated carbocycles. The summed E-state index contributed by atoms with van der Waals surface area (Å²) in [6.07, 6.45) is 0.415. The van der Waals surface area contributed by atoms with Crippen LogP contribution in [0.1, 0.15) is 22.3 Å². The maximum absolute atomic E-state index is 12.4. The lowest BCUT2D eigenvalue weighted by Gasteiger charge is -2.32. The average Bonchev–Trinajstić information content (AvgIpc) is 2.49. The Hall–Kier alpha value is -1.54. The highest BCUT2D eigenvalue weighted by atomic mass is 35.5. The first-order chi connectivity index (χ1) is 10.1. The minimum atomic E-state index is 0.0138. The zero-order valence-corrected chi connectivity index (χ0v) is 12.9. The van der Waals surface area contributed by atoms with E-state index in [1.807, 2.05) is 4.90 Å². The Bertz CT molecular complexity index is 569. The third-order valence-corrected chi connectivity index (χ3v) is 3.78. The van der Waals surface area contributed by atoms with Crippen LogP contribution in [0.5, 0.6) is 0 Å². The van der Waals surface area contributed by atoms with E-state index in [2.05, 4.69) is 23.8 Å². The van der Waals surface area contributed by atoms with Crippen LogP contribution in [0, 0.1) is 11.8 Å². The van der Waals surface area contributed by atoms with Crippen molar-refractivity contribution in [1.82, 2.24) is 9.80 Å². The van der Waals surface area contributed by atoms with Gasteiger partial charge in [-0.2, -0.15) is 0 Å². The number of hydrogen-bond donors (Lipinski definition) is 1. The molecule has 1 N–H and O–H groups in total. The number of amides is 1. The van der Waals surface area contributed by atoms with E-state index in [9.17, 15) is 4.79 Å². The Morgan fingerprint density at radius 2 is 2.05 bits per heavy atom. The van der Waals surface area contributed by atoms with E-state index in [1.54, 1.807) is 18.2 Å². The molecule has 0 spiro atoms. The maximum Gasteiger partial charge on any atom is 0.253 e. The molecule has 1 aliphatic heterocycles. The highest BCUT2D eigenvalue weighted by Gasteiger charge is 2.20. The molecular weight excluding hydrogens is 288 g/mol. The van der Waals surface area contributed by atoms with Crippen LogP contribution in [0.25, 0.3) is 0 Å². The molecule has 2 rings (SSSR count). The van der Waals surface area contributed by atoms with E-state index in [0.717, 1.165) is 26.2 Å². The van der Waals surface area contributed by atoms with E-state index in [-0.39, 0.29) is 12.5 Å². The van der Waals surface area contributed by atoms with Gasteiger partial charge in [-0.1, -0.05) is 23.4 Å².